The van der Waals surface area contributed by atoms with Crippen LogP contribution in [0.1, 0.15) is 134 Å². The lowest BCUT2D eigenvalue weighted by Crippen LogP contribution is -1.94. The van der Waals surface area contributed by atoms with Crippen LogP contribution in [-0.4, -0.2) is 45.8 Å². The molecule has 0 saturated carbocycles. The van der Waals surface area contributed by atoms with Crippen LogP contribution >= 0.6 is 15.6 Å². The molecule has 0 aliphatic heterocycles. The number of allylic oxidation sites excluding steroid dienone is 12. The second kappa shape index (κ2) is 39.7. The summed E-state index contributed by atoms with van der Waals surface area (Å²) < 4.78 is 22.2. The minimum Gasteiger partial charge on any atom is -0.327 e. The SMILES string of the molecule is CC(C)=CCC/C(C)=C/CN.CC(C)=CCC/C(C)=C/CN.CC(C)=CCC/C(C)=C/CN.CC(C)=CCC/C(C)=C/CN.O=P(O)(O)OP(=O)(O)O. The van der Waals surface area contributed by atoms with Gasteiger partial charge in [0.1, 0.15) is 0 Å². The maximum absolute atomic E-state index is 9.63. The van der Waals surface area contributed by atoms with Crippen molar-refractivity contribution in [3.63, 3.8) is 0 Å². The molecule has 0 spiro atoms. The summed E-state index contributed by atoms with van der Waals surface area (Å²) in [6.07, 6.45) is 26.5. The van der Waals surface area contributed by atoms with E-state index in [0.29, 0.717) is 26.2 Å². The zero-order chi connectivity index (χ0) is 42.5. The maximum atomic E-state index is 9.63. The Kier molecular flexibility index (Phi) is 45.2. The Morgan fingerprint density at radius 3 is 0.660 bits per heavy atom. The van der Waals surface area contributed by atoms with Crippen molar-refractivity contribution >= 4 is 15.6 Å². The fourth-order valence-corrected chi connectivity index (χ4v) is 4.81. The summed E-state index contributed by atoms with van der Waals surface area (Å²) in [5.41, 5.74) is 32.6. The largest absolute Gasteiger partial charge is 0.478 e. The van der Waals surface area contributed by atoms with Gasteiger partial charge >= 0.3 is 15.6 Å². The van der Waals surface area contributed by atoms with Gasteiger partial charge < -0.3 is 42.5 Å². The Hall–Kier alpha value is -1.98. The quantitative estimate of drug-likeness (QED) is 0.0481. The van der Waals surface area contributed by atoms with Crippen molar-refractivity contribution in [1.29, 1.82) is 0 Å². The maximum Gasteiger partial charge on any atom is 0.478 e. The van der Waals surface area contributed by atoms with E-state index in [1.807, 2.05) is 0 Å². The first kappa shape index (κ1) is 60.3. The van der Waals surface area contributed by atoms with Crippen LogP contribution in [0.3, 0.4) is 0 Å². The molecule has 0 aromatic rings. The van der Waals surface area contributed by atoms with Gasteiger partial charge in [-0.1, -0.05) is 93.2 Å². The smallest absolute Gasteiger partial charge is 0.327 e. The van der Waals surface area contributed by atoms with E-state index in [1.165, 1.54) is 44.6 Å². The lowest BCUT2D eigenvalue weighted by molar-refractivity contribution is 0.225. The topological polar surface area (TPSA) is 228 Å². The Balaban J connectivity index is -0.000000181. The van der Waals surface area contributed by atoms with Crippen molar-refractivity contribution in [1.82, 2.24) is 0 Å². The molecule has 0 aliphatic rings. The van der Waals surface area contributed by atoms with E-state index in [9.17, 15) is 9.13 Å². The summed E-state index contributed by atoms with van der Waals surface area (Å²) in [5, 5.41) is 0. The number of phosphoric acid groups is 2. The summed E-state index contributed by atoms with van der Waals surface area (Å²) in [7, 11) is -10.1. The molecule has 0 aromatic carbocycles. The van der Waals surface area contributed by atoms with Gasteiger partial charge in [0.2, 0.25) is 0 Å². The van der Waals surface area contributed by atoms with Gasteiger partial charge in [-0.2, -0.15) is 4.31 Å². The molecule has 0 saturated heterocycles. The molecule has 0 aliphatic carbocycles. The van der Waals surface area contributed by atoms with Crippen molar-refractivity contribution in [3.05, 3.63) is 93.2 Å². The third-order valence-corrected chi connectivity index (χ3v) is 8.14. The van der Waals surface area contributed by atoms with Crippen LogP contribution in [0.15, 0.2) is 93.2 Å². The molecule has 0 heterocycles. The fourth-order valence-electron chi connectivity index (χ4n) is 3.71. The highest BCUT2D eigenvalue weighted by molar-refractivity contribution is 7.60. The third kappa shape index (κ3) is 72.0. The van der Waals surface area contributed by atoms with Crippen molar-refractivity contribution in [2.24, 2.45) is 22.9 Å². The first-order chi connectivity index (χ1) is 24.4. The van der Waals surface area contributed by atoms with Crippen molar-refractivity contribution in [3.8, 4) is 0 Å². The summed E-state index contributed by atoms with van der Waals surface area (Å²) in [6.45, 7) is 28.2. The van der Waals surface area contributed by atoms with Gasteiger partial charge in [-0.15, -0.1) is 0 Å². The minimum atomic E-state index is -5.05. The Bertz CT molecular complexity index is 1080. The summed E-state index contributed by atoms with van der Waals surface area (Å²) in [4.78, 5) is 31.0. The first-order valence-electron chi connectivity index (χ1n) is 18.2. The van der Waals surface area contributed by atoms with E-state index in [1.54, 1.807) is 0 Å². The molecule has 312 valence electrons. The monoisotopic (exact) mass is 791 g/mol. The normalized spacial score (nSPS) is 11.8. The fraction of sp³-hybridized carbons (Fsp3) is 0.600. The summed E-state index contributed by atoms with van der Waals surface area (Å²) in [6, 6.07) is 0. The van der Waals surface area contributed by atoms with Crippen LogP contribution in [0.5, 0.6) is 0 Å². The van der Waals surface area contributed by atoms with Crippen LogP contribution in [0.4, 0.5) is 0 Å². The number of hydrogen-bond acceptors (Lipinski definition) is 7. The molecule has 0 amide bonds. The van der Waals surface area contributed by atoms with Crippen LogP contribution < -0.4 is 22.9 Å². The van der Waals surface area contributed by atoms with Gasteiger partial charge in [-0.3, -0.25) is 0 Å². The third-order valence-electron chi connectivity index (χ3n) is 6.44. The van der Waals surface area contributed by atoms with E-state index in [2.05, 4.69) is 136 Å². The molecule has 12 N–H and O–H groups in total. The van der Waals surface area contributed by atoms with E-state index in [-0.39, 0.29) is 0 Å². The van der Waals surface area contributed by atoms with Gasteiger partial charge in [-0.25, -0.2) is 9.13 Å². The number of rotatable bonds is 18. The van der Waals surface area contributed by atoms with E-state index < -0.39 is 15.6 Å². The van der Waals surface area contributed by atoms with E-state index >= 15 is 0 Å². The van der Waals surface area contributed by atoms with E-state index in [0.717, 1.165) is 51.4 Å². The molecule has 0 radical (unpaired) electrons. The Morgan fingerprint density at radius 1 is 0.396 bits per heavy atom. The highest BCUT2D eigenvalue weighted by atomic mass is 31.3. The number of hydrogen-bond donors (Lipinski definition) is 8. The van der Waals surface area contributed by atoms with Gasteiger partial charge in [0.15, 0.2) is 0 Å². The van der Waals surface area contributed by atoms with Gasteiger partial charge in [0.25, 0.3) is 0 Å². The van der Waals surface area contributed by atoms with Gasteiger partial charge in [0.05, 0.1) is 0 Å². The van der Waals surface area contributed by atoms with Crippen LogP contribution in [0.2, 0.25) is 0 Å². The number of nitrogens with two attached hydrogens (primary N) is 4. The van der Waals surface area contributed by atoms with Crippen LogP contribution in [0.25, 0.3) is 0 Å². The van der Waals surface area contributed by atoms with E-state index in [4.69, 9.17) is 42.5 Å². The highest BCUT2D eigenvalue weighted by Gasteiger charge is 2.27. The van der Waals surface area contributed by atoms with Crippen molar-refractivity contribution in [2.75, 3.05) is 26.2 Å². The molecule has 11 nitrogen and oxygen atoms in total. The Morgan fingerprint density at radius 2 is 0.566 bits per heavy atom. The zero-order valence-corrected chi connectivity index (χ0v) is 37.1. The minimum absolute atomic E-state index is 0.667. The predicted octanol–water partition coefficient (Wildman–Crippen LogP) is 9.74. The molecule has 0 aromatic heterocycles. The van der Waals surface area contributed by atoms with Crippen molar-refractivity contribution in [2.45, 2.75) is 134 Å². The molecule has 0 bridgehead atoms. The van der Waals surface area contributed by atoms with Crippen LogP contribution in [-0.2, 0) is 13.4 Å². The Labute approximate surface area is 324 Å². The average molecular weight is 791 g/mol. The molecular formula is C40H80N4O7P2. The first-order valence-corrected chi connectivity index (χ1v) is 21.2. The molecule has 53 heavy (non-hydrogen) atoms. The summed E-state index contributed by atoms with van der Waals surface area (Å²) >= 11 is 0. The zero-order valence-electron chi connectivity index (χ0n) is 35.3. The molecule has 0 atom stereocenters. The average Bonchev–Trinajstić information content (AvgIpc) is 2.96. The predicted molar refractivity (Wildman–Crippen MR) is 231 cm³/mol. The highest BCUT2D eigenvalue weighted by Crippen LogP contribution is 2.53. The van der Waals surface area contributed by atoms with Gasteiger partial charge in [-0.05, 0) is 134 Å². The molecule has 13 heteroatoms. The molecule has 0 fully saturated rings. The second-order valence-corrected chi connectivity index (χ2v) is 16.1. The van der Waals surface area contributed by atoms with Crippen LogP contribution in [0, 0.1) is 0 Å². The van der Waals surface area contributed by atoms with Crippen molar-refractivity contribution < 1.29 is 33.0 Å². The lowest BCUT2D eigenvalue weighted by atomic mass is 10.1. The summed E-state index contributed by atoms with van der Waals surface area (Å²) in [5.74, 6) is 0. The lowest BCUT2D eigenvalue weighted by Gasteiger charge is -2.03. The molecule has 0 rings (SSSR count). The van der Waals surface area contributed by atoms with Gasteiger partial charge in [0, 0.05) is 26.2 Å². The molecular weight excluding hydrogens is 710 g/mol. The second-order valence-electron chi connectivity index (χ2n) is 13.5. The standard InChI is InChI=1S/4C10H19N.H4O7P2/c4*1-9(2)5-4-6-10(3)7-8-11;1-8(2,3)7-9(4,5)6/h4*5,7H,4,6,8,11H2,1-3H3;(H2,1,2,3)(H2,4,5,6)/b4*10-7+;. The molecule has 0 unspecified atom stereocenters.